The van der Waals surface area contributed by atoms with Gasteiger partial charge in [-0.15, -0.1) is 0 Å². The molecule has 2 aliphatic heterocycles. The molecule has 0 unspecified atom stereocenters. The average Bonchev–Trinajstić information content (AvgIpc) is 2.91. The van der Waals surface area contributed by atoms with Crippen molar-refractivity contribution >= 4 is 5.91 Å². The number of pyridine rings is 1. The van der Waals surface area contributed by atoms with Crippen LogP contribution in [0.2, 0.25) is 0 Å². The smallest absolute Gasteiger partial charge is 0.248 e. The number of ether oxygens (including phenoxy) is 2. The molecule has 2 aliphatic rings. The Bertz CT molecular complexity index is 529. The fourth-order valence-electron chi connectivity index (χ4n) is 3.36. The summed E-state index contributed by atoms with van der Waals surface area (Å²) in [5.74, 6) is 0.382. The molecule has 0 aliphatic carbocycles. The van der Waals surface area contributed by atoms with E-state index < -0.39 is 0 Å². The van der Waals surface area contributed by atoms with Gasteiger partial charge < -0.3 is 14.4 Å². The van der Waals surface area contributed by atoms with E-state index in [0.717, 1.165) is 32.7 Å². The van der Waals surface area contributed by atoms with E-state index in [1.165, 1.54) is 5.56 Å². The van der Waals surface area contributed by atoms with Gasteiger partial charge in [0, 0.05) is 58.6 Å². The molecule has 0 aromatic carbocycles. The van der Waals surface area contributed by atoms with E-state index in [-0.39, 0.29) is 18.1 Å². The van der Waals surface area contributed by atoms with Crippen molar-refractivity contribution in [2.24, 2.45) is 5.92 Å². The lowest BCUT2D eigenvalue weighted by molar-refractivity contribution is -0.150. The summed E-state index contributed by atoms with van der Waals surface area (Å²) in [4.78, 5) is 19.7. The SMILES string of the molecule is CN(C)C(=O)COC[C@@H]1CCOC12CN(Cc1cccnc1)C2. The monoisotopic (exact) mass is 319 g/mol. The van der Waals surface area contributed by atoms with Crippen LogP contribution < -0.4 is 0 Å². The summed E-state index contributed by atoms with van der Waals surface area (Å²) in [5.41, 5.74) is 1.15. The number of rotatable bonds is 6. The van der Waals surface area contributed by atoms with Gasteiger partial charge in [0.15, 0.2) is 0 Å². The van der Waals surface area contributed by atoms with Gasteiger partial charge in [0.1, 0.15) is 6.61 Å². The second-order valence-electron chi connectivity index (χ2n) is 6.71. The second kappa shape index (κ2) is 6.95. The molecule has 1 atom stereocenters. The molecule has 0 bridgehead atoms. The van der Waals surface area contributed by atoms with Crippen LogP contribution in [0.4, 0.5) is 0 Å². The van der Waals surface area contributed by atoms with E-state index in [2.05, 4.69) is 16.0 Å². The van der Waals surface area contributed by atoms with Gasteiger partial charge in [-0.3, -0.25) is 14.7 Å². The van der Waals surface area contributed by atoms with Crippen LogP contribution in [-0.4, -0.2) is 73.3 Å². The van der Waals surface area contributed by atoms with Crippen LogP contribution in [0.25, 0.3) is 0 Å². The maximum Gasteiger partial charge on any atom is 0.248 e. The zero-order valence-corrected chi connectivity index (χ0v) is 13.9. The zero-order valence-electron chi connectivity index (χ0n) is 13.9. The summed E-state index contributed by atoms with van der Waals surface area (Å²) in [6.45, 7) is 4.30. The summed E-state index contributed by atoms with van der Waals surface area (Å²) < 4.78 is 11.7. The normalized spacial score (nSPS) is 23.0. The maximum absolute atomic E-state index is 11.6. The Balaban J connectivity index is 1.46. The third kappa shape index (κ3) is 3.71. The highest BCUT2D eigenvalue weighted by Gasteiger charge is 2.52. The van der Waals surface area contributed by atoms with Crippen LogP contribution in [0.1, 0.15) is 12.0 Å². The van der Waals surface area contributed by atoms with Gasteiger partial charge in [-0.05, 0) is 18.1 Å². The summed E-state index contributed by atoms with van der Waals surface area (Å²) in [6, 6.07) is 4.07. The first-order chi connectivity index (χ1) is 11.1. The summed E-state index contributed by atoms with van der Waals surface area (Å²) >= 11 is 0. The molecule has 6 heteroatoms. The van der Waals surface area contributed by atoms with Crippen molar-refractivity contribution < 1.29 is 14.3 Å². The van der Waals surface area contributed by atoms with E-state index in [9.17, 15) is 4.79 Å². The first-order valence-electron chi connectivity index (χ1n) is 8.12. The molecule has 6 nitrogen and oxygen atoms in total. The van der Waals surface area contributed by atoms with Gasteiger partial charge in [-0.25, -0.2) is 0 Å². The summed E-state index contributed by atoms with van der Waals surface area (Å²) in [6.07, 6.45) is 4.72. The predicted octanol–water partition coefficient (Wildman–Crippen LogP) is 0.777. The number of likely N-dealkylation sites (N-methyl/N-ethyl adjacent to an activating group) is 1. The lowest BCUT2D eigenvalue weighted by Crippen LogP contribution is -2.64. The molecule has 0 N–H and O–H groups in total. The van der Waals surface area contributed by atoms with Crippen LogP contribution in [-0.2, 0) is 20.8 Å². The molecule has 1 aromatic heterocycles. The van der Waals surface area contributed by atoms with Crippen molar-refractivity contribution in [2.45, 2.75) is 18.6 Å². The Morgan fingerprint density at radius 3 is 3.04 bits per heavy atom. The molecule has 2 saturated heterocycles. The predicted molar refractivity (Wildman–Crippen MR) is 85.8 cm³/mol. The lowest BCUT2D eigenvalue weighted by Gasteiger charge is -2.50. The molecule has 1 aromatic rings. The molecule has 1 spiro atoms. The standard InChI is InChI=1S/C17H25N3O3/c1-19(2)16(21)11-22-10-15-5-7-23-17(15)12-20(13-17)9-14-4-3-6-18-8-14/h3-4,6,8,15H,5,7,9-13H2,1-2H3/t15-/m0/s1. The average molecular weight is 319 g/mol. The van der Waals surface area contributed by atoms with E-state index in [1.807, 2.05) is 12.3 Å². The van der Waals surface area contributed by atoms with Gasteiger partial charge in [0.2, 0.25) is 5.91 Å². The Labute approximate surface area is 137 Å². The van der Waals surface area contributed by atoms with Gasteiger partial charge in [0.05, 0.1) is 12.2 Å². The molecule has 0 saturated carbocycles. The van der Waals surface area contributed by atoms with Gasteiger partial charge in [0.25, 0.3) is 0 Å². The molecular formula is C17H25N3O3. The Morgan fingerprint density at radius 2 is 2.35 bits per heavy atom. The minimum atomic E-state index is -0.0800. The number of hydrogen-bond acceptors (Lipinski definition) is 5. The zero-order chi connectivity index (χ0) is 16.3. The number of nitrogens with zero attached hydrogens (tertiary/aromatic N) is 3. The highest BCUT2D eigenvalue weighted by Crippen LogP contribution is 2.40. The van der Waals surface area contributed by atoms with Gasteiger partial charge >= 0.3 is 0 Å². The molecule has 0 radical (unpaired) electrons. The minimum absolute atomic E-state index is 0.00442. The highest BCUT2D eigenvalue weighted by molar-refractivity contribution is 5.76. The molecule has 3 heterocycles. The van der Waals surface area contributed by atoms with E-state index in [0.29, 0.717) is 12.5 Å². The fraction of sp³-hybridized carbons (Fsp3) is 0.647. The highest BCUT2D eigenvalue weighted by atomic mass is 16.5. The van der Waals surface area contributed by atoms with E-state index in [4.69, 9.17) is 9.47 Å². The third-order valence-corrected chi connectivity index (χ3v) is 4.75. The Morgan fingerprint density at radius 1 is 1.52 bits per heavy atom. The first kappa shape index (κ1) is 16.4. The number of likely N-dealkylation sites (tertiary alicyclic amines) is 1. The topological polar surface area (TPSA) is 54.9 Å². The Kier molecular flexibility index (Phi) is 4.94. The van der Waals surface area contributed by atoms with Crippen molar-refractivity contribution in [3.63, 3.8) is 0 Å². The van der Waals surface area contributed by atoms with Crippen molar-refractivity contribution in [3.05, 3.63) is 30.1 Å². The largest absolute Gasteiger partial charge is 0.372 e. The number of aromatic nitrogens is 1. The molecule has 3 rings (SSSR count). The molecule has 1 amide bonds. The number of hydrogen-bond donors (Lipinski definition) is 0. The third-order valence-electron chi connectivity index (χ3n) is 4.75. The minimum Gasteiger partial charge on any atom is -0.372 e. The van der Waals surface area contributed by atoms with Crippen LogP contribution in [0.5, 0.6) is 0 Å². The molecule has 2 fully saturated rings. The van der Waals surface area contributed by atoms with Crippen LogP contribution in [0.3, 0.4) is 0 Å². The van der Waals surface area contributed by atoms with Crippen molar-refractivity contribution in [2.75, 3.05) is 47.0 Å². The first-order valence-corrected chi connectivity index (χ1v) is 8.12. The number of amides is 1. The van der Waals surface area contributed by atoms with Crippen molar-refractivity contribution in [1.29, 1.82) is 0 Å². The fourth-order valence-corrected chi connectivity index (χ4v) is 3.36. The van der Waals surface area contributed by atoms with Gasteiger partial charge in [-0.2, -0.15) is 0 Å². The van der Waals surface area contributed by atoms with E-state index >= 15 is 0 Å². The van der Waals surface area contributed by atoms with Crippen LogP contribution in [0.15, 0.2) is 24.5 Å². The van der Waals surface area contributed by atoms with E-state index in [1.54, 1.807) is 25.2 Å². The maximum atomic E-state index is 11.6. The molecule has 126 valence electrons. The summed E-state index contributed by atoms with van der Waals surface area (Å²) in [7, 11) is 3.49. The summed E-state index contributed by atoms with van der Waals surface area (Å²) in [5, 5.41) is 0. The van der Waals surface area contributed by atoms with Gasteiger partial charge in [-0.1, -0.05) is 6.07 Å². The van der Waals surface area contributed by atoms with Crippen molar-refractivity contribution in [1.82, 2.24) is 14.8 Å². The lowest BCUT2D eigenvalue weighted by atomic mass is 9.81. The second-order valence-corrected chi connectivity index (χ2v) is 6.71. The van der Waals surface area contributed by atoms with Crippen LogP contribution >= 0.6 is 0 Å². The Hall–Kier alpha value is -1.50. The number of carbonyl (C=O) groups excluding carboxylic acids is 1. The number of carbonyl (C=O) groups is 1. The quantitative estimate of drug-likeness (QED) is 0.775. The van der Waals surface area contributed by atoms with Crippen LogP contribution in [0, 0.1) is 5.92 Å². The van der Waals surface area contributed by atoms with Crippen molar-refractivity contribution in [3.8, 4) is 0 Å². The molecule has 23 heavy (non-hydrogen) atoms. The molecular weight excluding hydrogens is 294 g/mol.